The highest BCUT2D eigenvalue weighted by atomic mass is 19.1. The molecule has 3 atom stereocenters. The maximum atomic E-state index is 14.5. The number of halogens is 1. The van der Waals surface area contributed by atoms with Crippen LogP contribution in [0, 0.1) is 5.82 Å². The monoisotopic (exact) mass is 507 g/mol. The van der Waals surface area contributed by atoms with Crippen LogP contribution in [-0.4, -0.2) is 73.4 Å². The minimum atomic E-state index is -0.493. The van der Waals surface area contributed by atoms with Gasteiger partial charge in [-0.2, -0.15) is 0 Å². The second-order valence-electron chi connectivity index (χ2n) is 9.81. The van der Waals surface area contributed by atoms with Crippen LogP contribution in [0.25, 0.3) is 11.3 Å². The maximum absolute atomic E-state index is 14.5. The molecule has 2 fully saturated rings. The first-order valence-corrected chi connectivity index (χ1v) is 12.6. The van der Waals surface area contributed by atoms with Gasteiger partial charge in [-0.3, -0.25) is 9.78 Å². The number of H-pyrrole nitrogens is 1. The topological polar surface area (TPSA) is 101 Å². The molecule has 2 aliphatic heterocycles. The first-order chi connectivity index (χ1) is 18.0. The number of rotatable bonds is 7. The average molecular weight is 508 g/mol. The third-order valence-corrected chi connectivity index (χ3v) is 7.47. The molecule has 3 aromatic rings. The Labute approximate surface area is 214 Å². The minimum Gasteiger partial charge on any atom is -0.492 e. The number of likely N-dealkylation sites (N-methyl/N-ethyl adjacent to an activating group) is 1. The molecule has 4 heterocycles. The second-order valence-corrected chi connectivity index (χ2v) is 9.81. The molecule has 9 nitrogen and oxygen atoms in total. The lowest BCUT2D eigenvalue weighted by Gasteiger charge is -2.40. The molecule has 37 heavy (non-hydrogen) atoms. The summed E-state index contributed by atoms with van der Waals surface area (Å²) in [6.45, 7) is 2.71. The molecule has 2 aromatic heterocycles. The number of aromatic amines is 1. The van der Waals surface area contributed by atoms with Crippen LogP contribution in [0.1, 0.15) is 34.8 Å². The molecule has 6 rings (SSSR count). The van der Waals surface area contributed by atoms with E-state index in [0.29, 0.717) is 41.6 Å². The number of pyridine rings is 1. The standard InChI is InChI=1S/C27H30FN5O4/c1-33-10-11-36-15(13-33)14-37-21-12-29-9-8-17(21)24-25(30-20-5-3-4-18(28)26(20)35-2)22-23(32-24)16-6-7-19(16)31-27(22)34/h3-5,8-9,12,15-16,19,30,32H,6-7,10-11,13-14H2,1-2H3,(H,31,34)/t15-,16+,19-/m1/s1. The number of hydrogen-bond donors (Lipinski definition) is 3. The van der Waals surface area contributed by atoms with Gasteiger partial charge in [-0.1, -0.05) is 6.07 Å². The van der Waals surface area contributed by atoms with Crippen molar-refractivity contribution >= 4 is 17.3 Å². The van der Waals surface area contributed by atoms with Crippen LogP contribution < -0.4 is 20.1 Å². The lowest BCUT2D eigenvalue weighted by molar-refractivity contribution is -0.0403. The van der Waals surface area contributed by atoms with Crippen molar-refractivity contribution in [3.05, 3.63) is 53.7 Å². The molecule has 194 valence electrons. The summed E-state index contributed by atoms with van der Waals surface area (Å²) in [5.41, 5.74) is 3.80. The summed E-state index contributed by atoms with van der Waals surface area (Å²) in [6.07, 6.45) is 5.22. The summed E-state index contributed by atoms with van der Waals surface area (Å²) in [5.74, 6) is 0.191. The third kappa shape index (κ3) is 4.30. The molecule has 0 spiro atoms. The number of methoxy groups -OCH3 is 1. The molecule has 0 unspecified atom stereocenters. The SMILES string of the molecule is COc1c(F)cccc1Nc1c(-c2ccncc2OC[C@H]2CN(C)CCO2)[nH]c2c1C(=O)N[C@@H]1CC[C@H]21. The van der Waals surface area contributed by atoms with Crippen molar-refractivity contribution in [1.82, 2.24) is 20.2 Å². The van der Waals surface area contributed by atoms with E-state index in [9.17, 15) is 9.18 Å². The zero-order chi connectivity index (χ0) is 25.5. The number of hydrogen-bond acceptors (Lipinski definition) is 7. The van der Waals surface area contributed by atoms with Gasteiger partial charge in [0, 0.05) is 42.5 Å². The number of nitrogens with one attached hydrogen (secondary N) is 3. The van der Waals surface area contributed by atoms with Gasteiger partial charge in [-0.05, 0) is 38.1 Å². The van der Waals surface area contributed by atoms with Crippen LogP contribution >= 0.6 is 0 Å². The third-order valence-electron chi connectivity index (χ3n) is 7.47. The van der Waals surface area contributed by atoms with Crippen LogP contribution in [0.4, 0.5) is 15.8 Å². The van der Waals surface area contributed by atoms with E-state index in [-0.39, 0.29) is 29.7 Å². The largest absolute Gasteiger partial charge is 0.492 e. The number of carbonyl (C=O) groups excluding carboxylic acids is 1. The van der Waals surface area contributed by atoms with Gasteiger partial charge < -0.3 is 34.7 Å². The van der Waals surface area contributed by atoms with Gasteiger partial charge in [0.05, 0.1) is 42.5 Å². The number of morpholine rings is 1. The van der Waals surface area contributed by atoms with Crippen LogP contribution in [-0.2, 0) is 4.74 Å². The molecule has 1 aliphatic carbocycles. The Bertz CT molecular complexity index is 1330. The number of fused-ring (bicyclic) bond motifs is 3. The summed E-state index contributed by atoms with van der Waals surface area (Å²) in [5, 5.41) is 6.42. The molecule has 1 aromatic carbocycles. The fourth-order valence-electron chi connectivity index (χ4n) is 5.42. The van der Waals surface area contributed by atoms with Gasteiger partial charge in [0.25, 0.3) is 5.91 Å². The number of aromatic nitrogens is 2. The highest BCUT2D eigenvalue weighted by Crippen LogP contribution is 2.48. The normalized spacial score (nSPS) is 22.9. The maximum Gasteiger partial charge on any atom is 0.255 e. The molecule has 0 radical (unpaired) electrons. The summed E-state index contributed by atoms with van der Waals surface area (Å²) in [4.78, 5) is 23.3. The first kappa shape index (κ1) is 23.7. The van der Waals surface area contributed by atoms with E-state index in [1.54, 1.807) is 24.5 Å². The molecular formula is C27H30FN5O4. The average Bonchev–Trinajstić information content (AvgIpc) is 3.23. The second kappa shape index (κ2) is 9.68. The Balaban J connectivity index is 1.41. The molecule has 3 N–H and O–H groups in total. The number of benzene rings is 1. The van der Waals surface area contributed by atoms with Crippen molar-refractivity contribution in [2.45, 2.75) is 30.9 Å². The highest BCUT2D eigenvalue weighted by Gasteiger charge is 2.43. The van der Waals surface area contributed by atoms with Crippen LogP contribution in [0.15, 0.2) is 36.7 Å². The molecule has 1 saturated heterocycles. The Morgan fingerprint density at radius 2 is 2.19 bits per heavy atom. The van der Waals surface area contributed by atoms with Crippen LogP contribution in [0.3, 0.4) is 0 Å². The predicted octanol–water partition coefficient (Wildman–Crippen LogP) is 3.67. The molecule has 10 heteroatoms. The van der Waals surface area contributed by atoms with Gasteiger partial charge in [-0.15, -0.1) is 0 Å². The number of amides is 1. The minimum absolute atomic E-state index is 0.0562. The molecule has 1 amide bonds. The van der Waals surface area contributed by atoms with Crippen molar-refractivity contribution < 1.29 is 23.4 Å². The fourth-order valence-corrected chi connectivity index (χ4v) is 5.42. The fraction of sp³-hybridized carbons (Fsp3) is 0.407. The number of nitrogens with zero attached hydrogens (tertiary/aromatic N) is 2. The van der Waals surface area contributed by atoms with Gasteiger partial charge in [0.15, 0.2) is 11.6 Å². The van der Waals surface area contributed by atoms with E-state index >= 15 is 0 Å². The molecule has 1 saturated carbocycles. The number of ether oxygens (including phenoxy) is 3. The summed E-state index contributed by atoms with van der Waals surface area (Å²) in [6, 6.07) is 6.63. The lowest BCUT2D eigenvalue weighted by Crippen LogP contribution is -2.49. The highest BCUT2D eigenvalue weighted by molar-refractivity contribution is 6.07. The Hall–Kier alpha value is -3.63. The first-order valence-electron chi connectivity index (χ1n) is 12.6. The van der Waals surface area contributed by atoms with E-state index in [0.717, 1.165) is 37.2 Å². The van der Waals surface area contributed by atoms with Gasteiger partial charge in [-0.25, -0.2) is 4.39 Å². The van der Waals surface area contributed by atoms with Crippen molar-refractivity contribution in [2.24, 2.45) is 0 Å². The van der Waals surface area contributed by atoms with E-state index in [1.165, 1.54) is 13.2 Å². The number of anilines is 2. The van der Waals surface area contributed by atoms with Crippen LogP contribution in [0.2, 0.25) is 0 Å². The van der Waals surface area contributed by atoms with Gasteiger partial charge in [0.2, 0.25) is 0 Å². The smallest absolute Gasteiger partial charge is 0.255 e. The lowest BCUT2D eigenvalue weighted by atomic mass is 9.74. The quantitative estimate of drug-likeness (QED) is 0.449. The summed E-state index contributed by atoms with van der Waals surface area (Å²) < 4.78 is 31.9. The number of carbonyl (C=O) groups is 1. The van der Waals surface area contributed by atoms with Crippen molar-refractivity contribution in [3.63, 3.8) is 0 Å². The Kier molecular flexibility index (Phi) is 6.21. The van der Waals surface area contributed by atoms with E-state index in [2.05, 4.69) is 32.5 Å². The summed E-state index contributed by atoms with van der Waals surface area (Å²) >= 11 is 0. The van der Waals surface area contributed by atoms with E-state index in [1.807, 2.05) is 6.07 Å². The van der Waals surface area contributed by atoms with Crippen molar-refractivity contribution in [2.75, 3.05) is 45.8 Å². The zero-order valence-electron chi connectivity index (χ0n) is 20.8. The molecule has 0 bridgehead atoms. The van der Waals surface area contributed by atoms with Gasteiger partial charge in [0.1, 0.15) is 18.5 Å². The predicted molar refractivity (Wildman–Crippen MR) is 136 cm³/mol. The molecule has 3 aliphatic rings. The van der Waals surface area contributed by atoms with Crippen LogP contribution in [0.5, 0.6) is 11.5 Å². The van der Waals surface area contributed by atoms with Crippen molar-refractivity contribution in [1.29, 1.82) is 0 Å². The summed E-state index contributed by atoms with van der Waals surface area (Å²) in [7, 11) is 3.48. The van der Waals surface area contributed by atoms with Gasteiger partial charge >= 0.3 is 0 Å². The zero-order valence-corrected chi connectivity index (χ0v) is 20.8. The molecular weight excluding hydrogens is 477 g/mol. The van der Waals surface area contributed by atoms with Crippen molar-refractivity contribution in [3.8, 4) is 22.8 Å². The van der Waals surface area contributed by atoms with E-state index < -0.39 is 5.82 Å². The Morgan fingerprint density at radius 3 is 2.97 bits per heavy atom. The Morgan fingerprint density at radius 1 is 1.30 bits per heavy atom. The van der Waals surface area contributed by atoms with E-state index in [4.69, 9.17) is 14.2 Å². The number of para-hydroxylation sites is 1.